The normalized spacial score (nSPS) is 3.60. The molecule has 0 atom stereocenters. The van der Waals surface area contributed by atoms with E-state index in [1.807, 2.05) is 0 Å². The van der Waals surface area contributed by atoms with E-state index in [-0.39, 0.29) is 44.6 Å². The van der Waals surface area contributed by atoms with Crippen molar-refractivity contribution in [2.75, 3.05) is 6.61 Å². The van der Waals surface area contributed by atoms with E-state index in [1.54, 1.807) is 6.92 Å². The SMILES string of the molecule is B.CCO.[Na]. The molecule has 0 rings (SSSR count). The Balaban J connectivity index is -0.0000000200. The molecule has 0 aliphatic heterocycles. The van der Waals surface area contributed by atoms with Crippen molar-refractivity contribution in [2.24, 2.45) is 0 Å². The summed E-state index contributed by atoms with van der Waals surface area (Å²) in [5.74, 6) is 0. The minimum atomic E-state index is 0. The number of hydrogen-bond acceptors (Lipinski definition) is 1. The van der Waals surface area contributed by atoms with Crippen molar-refractivity contribution in [1.29, 1.82) is 0 Å². The Bertz CT molecular complexity index is 9.61. The van der Waals surface area contributed by atoms with E-state index in [1.165, 1.54) is 0 Å². The van der Waals surface area contributed by atoms with Gasteiger partial charge in [0.15, 0.2) is 0 Å². The summed E-state index contributed by atoms with van der Waals surface area (Å²) in [6.07, 6.45) is 0. The van der Waals surface area contributed by atoms with E-state index >= 15 is 0 Å². The molecule has 0 amide bonds. The molecule has 0 spiro atoms. The third kappa shape index (κ3) is 43.8. The quantitative estimate of drug-likeness (QED) is 0.351. The molecule has 0 aromatic rings. The van der Waals surface area contributed by atoms with Crippen molar-refractivity contribution in [3.63, 3.8) is 0 Å². The van der Waals surface area contributed by atoms with Crippen molar-refractivity contribution in [2.45, 2.75) is 6.92 Å². The van der Waals surface area contributed by atoms with Gasteiger partial charge in [0, 0.05) is 36.2 Å². The topological polar surface area (TPSA) is 20.2 Å². The predicted molar refractivity (Wildman–Crippen MR) is 28.5 cm³/mol. The summed E-state index contributed by atoms with van der Waals surface area (Å²) in [6.45, 7) is 1.93. The fourth-order valence-corrected chi connectivity index (χ4v) is 0. The predicted octanol–water partition coefficient (Wildman–Crippen LogP) is -1.57. The van der Waals surface area contributed by atoms with Crippen LogP contribution in [0.4, 0.5) is 0 Å². The van der Waals surface area contributed by atoms with E-state index in [0.29, 0.717) is 0 Å². The van der Waals surface area contributed by atoms with Gasteiger partial charge in [0.25, 0.3) is 0 Å². The van der Waals surface area contributed by atoms with E-state index in [4.69, 9.17) is 5.11 Å². The van der Waals surface area contributed by atoms with Gasteiger partial charge in [-0.1, -0.05) is 0 Å². The molecule has 0 aromatic heterocycles. The number of aliphatic hydroxyl groups is 1. The van der Waals surface area contributed by atoms with Crippen LogP contribution in [0.1, 0.15) is 6.92 Å². The maximum Gasteiger partial charge on any atom is 0.0814 e. The zero-order valence-corrected chi connectivity index (χ0v) is 5.15. The van der Waals surface area contributed by atoms with Crippen LogP contribution in [0, 0.1) is 0 Å². The maximum absolute atomic E-state index is 7.57. The van der Waals surface area contributed by atoms with Crippen LogP contribution in [-0.4, -0.2) is 49.7 Å². The molecule has 0 unspecified atom stereocenters. The Hall–Kier alpha value is 1.02. The molecule has 0 saturated carbocycles. The van der Waals surface area contributed by atoms with Crippen LogP contribution >= 0.6 is 0 Å². The summed E-state index contributed by atoms with van der Waals surface area (Å²) in [4.78, 5) is 0. The third-order valence-electron chi connectivity index (χ3n) is 0. The molecular weight excluding hydrogens is 73.8 g/mol. The monoisotopic (exact) mass is 83.1 g/mol. The Morgan fingerprint density at radius 1 is 1.60 bits per heavy atom. The summed E-state index contributed by atoms with van der Waals surface area (Å²) in [7, 11) is 0. The van der Waals surface area contributed by atoms with E-state index in [2.05, 4.69) is 0 Å². The molecule has 0 heterocycles. The molecule has 5 heavy (non-hydrogen) atoms. The van der Waals surface area contributed by atoms with Crippen molar-refractivity contribution in [1.82, 2.24) is 0 Å². The summed E-state index contributed by atoms with van der Waals surface area (Å²) in [5.41, 5.74) is 0. The van der Waals surface area contributed by atoms with Gasteiger partial charge in [-0.25, -0.2) is 0 Å². The second-order valence-electron chi connectivity index (χ2n) is 0.316. The number of aliphatic hydroxyl groups excluding tert-OH is 1. The molecule has 1 radical (unpaired) electrons. The van der Waals surface area contributed by atoms with Gasteiger partial charge < -0.3 is 5.11 Å². The van der Waals surface area contributed by atoms with Gasteiger partial charge in [-0.2, -0.15) is 0 Å². The fourth-order valence-electron chi connectivity index (χ4n) is 0. The Morgan fingerprint density at radius 3 is 1.60 bits per heavy atom. The largest absolute Gasteiger partial charge is 0.397 e. The van der Waals surface area contributed by atoms with Gasteiger partial charge in [-0.05, 0) is 6.92 Å². The van der Waals surface area contributed by atoms with Gasteiger partial charge in [0.2, 0.25) is 0 Å². The van der Waals surface area contributed by atoms with E-state index in [9.17, 15) is 0 Å². The second-order valence-corrected chi connectivity index (χ2v) is 0.316. The first-order valence-corrected chi connectivity index (χ1v) is 1.02. The molecule has 0 fully saturated rings. The van der Waals surface area contributed by atoms with Crippen molar-refractivity contribution >= 4 is 38.0 Å². The molecule has 27 valence electrons. The summed E-state index contributed by atoms with van der Waals surface area (Å²) in [6, 6.07) is 0. The molecule has 0 aliphatic carbocycles. The zero-order valence-electron chi connectivity index (χ0n) is 3.15. The molecule has 3 heteroatoms. The van der Waals surface area contributed by atoms with Crippen LogP contribution in [0.15, 0.2) is 0 Å². The third-order valence-corrected chi connectivity index (χ3v) is 0. The molecule has 0 bridgehead atoms. The van der Waals surface area contributed by atoms with Crippen LogP contribution < -0.4 is 0 Å². The van der Waals surface area contributed by atoms with Gasteiger partial charge in [0.1, 0.15) is 0 Å². The van der Waals surface area contributed by atoms with E-state index < -0.39 is 0 Å². The summed E-state index contributed by atoms with van der Waals surface area (Å²) in [5, 5.41) is 7.57. The molecule has 0 saturated heterocycles. The van der Waals surface area contributed by atoms with Gasteiger partial charge in [-0.15, -0.1) is 0 Å². The zero-order chi connectivity index (χ0) is 2.71. The Morgan fingerprint density at radius 2 is 1.60 bits per heavy atom. The molecule has 0 aromatic carbocycles. The minimum absolute atomic E-state index is 0. The molecule has 1 N–H and O–H groups in total. The fraction of sp³-hybridized carbons (Fsp3) is 1.00. The van der Waals surface area contributed by atoms with Crippen LogP contribution in [0.2, 0.25) is 0 Å². The maximum atomic E-state index is 7.57. The average molecular weight is 82.9 g/mol. The standard InChI is InChI=1S/C2H6O.BH3.Na/c1-2-3;;/h3H,2H2,1H3;1H3;. The smallest absolute Gasteiger partial charge is 0.0814 e. The summed E-state index contributed by atoms with van der Waals surface area (Å²) < 4.78 is 0. The van der Waals surface area contributed by atoms with E-state index in [0.717, 1.165) is 0 Å². The first kappa shape index (κ1) is 16.6. The van der Waals surface area contributed by atoms with Gasteiger partial charge in [-0.3, -0.25) is 0 Å². The van der Waals surface area contributed by atoms with Crippen LogP contribution in [0.5, 0.6) is 0 Å². The molecular formula is C2H9BNaO. The first-order chi connectivity index (χ1) is 1.41. The number of hydrogen-bond donors (Lipinski definition) is 1. The van der Waals surface area contributed by atoms with Crippen LogP contribution in [0.25, 0.3) is 0 Å². The Labute approximate surface area is 56.6 Å². The van der Waals surface area contributed by atoms with Gasteiger partial charge in [0.05, 0.1) is 8.41 Å². The van der Waals surface area contributed by atoms with Crippen LogP contribution in [0.3, 0.4) is 0 Å². The summed E-state index contributed by atoms with van der Waals surface area (Å²) >= 11 is 0. The minimum Gasteiger partial charge on any atom is -0.397 e. The van der Waals surface area contributed by atoms with Gasteiger partial charge >= 0.3 is 0 Å². The average Bonchev–Trinajstić information content (AvgIpc) is 0.918. The first-order valence-electron chi connectivity index (χ1n) is 1.02. The van der Waals surface area contributed by atoms with Crippen molar-refractivity contribution in [3.8, 4) is 0 Å². The molecule has 0 aliphatic rings. The van der Waals surface area contributed by atoms with Crippen LogP contribution in [-0.2, 0) is 0 Å². The Kier molecular flexibility index (Phi) is 66.0. The van der Waals surface area contributed by atoms with Crippen molar-refractivity contribution < 1.29 is 5.11 Å². The molecule has 1 nitrogen and oxygen atoms in total. The second kappa shape index (κ2) is 19.9. The number of rotatable bonds is 0. The van der Waals surface area contributed by atoms with Crippen molar-refractivity contribution in [3.05, 3.63) is 0 Å².